The van der Waals surface area contributed by atoms with Crippen molar-refractivity contribution in [2.24, 2.45) is 17.8 Å². The Bertz CT molecular complexity index is 226. The van der Waals surface area contributed by atoms with Crippen molar-refractivity contribution in [2.75, 3.05) is 39.8 Å². The van der Waals surface area contributed by atoms with Gasteiger partial charge in [-0.15, -0.1) is 0 Å². The lowest BCUT2D eigenvalue weighted by atomic mass is 9.73. The first kappa shape index (κ1) is 13.3. The summed E-state index contributed by atoms with van der Waals surface area (Å²) < 4.78 is 0. The smallest absolute Gasteiger partial charge is 0.0585 e. The van der Waals surface area contributed by atoms with Crippen LogP contribution in [-0.2, 0) is 0 Å². The van der Waals surface area contributed by atoms with E-state index in [1.807, 2.05) is 0 Å². The Morgan fingerprint density at radius 2 is 1.71 bits per heavy atom. The lowest BCUT2D eigenvalue weighted by Crippen LogP contribution is -2.49. The van der Waals surface area contributed by atoms with Crippen LogP contribution in [0.5, 0.6) is 0 Å². The van der Waals surface area contributed by atoms with Crippen LogP contribution < -0.4 is 0 Å². The zero-order valence-electron chi connectivity index (χ0n) is 11.6. The van der Waals surface area contributed by atoms with Crippen LogP contribution in [0.1, 0.15) is 26.7 Å². The summed E-state index contributed by atoms with van der Waals surface area (Å²) in [6.07, 6.45) is 2.21. The van der Waals surface area contributed by atoms with Crippen LogP contribution in [0.25, 0.3) is 0 Å². The number of hydrogen-bond donors (Lipinski definition) is 1. The molecule has 0 aromatic heterocycles. The van der Waals surface area contributed by atoms with E-state index in [0.717, 1.165) is 13.0 Å². The number of piperazine rings is 1. The van der Waals surface area contributed by atoms with Crippen molar-refractivity contribution in [3.8, 4) is 0 Å². The summed E-state index contributed by atoms with van der Waals surface area (Å²) in [6.45, 7) is 10.4. The normalized spacial score (nSPS) is 41.6. The summed E-state index contributed by atoms with van der Waals surface area (Å²) in [6, 6.07) is 0. The van der Waals surface area contributed by atoms with Gasteiger partial charge in [0.1, 0.15) is 0 Å². The van der Waals surface area contributed by atoms with E-state index in [9.17, 15) is 5.11 Å². The maximum Gasteiger partial charge on any atom is 0.0585 e. The quantitative estimate of drug-likeness (QED) is 0.787. The third-order valence-corrected chi connectivity index (χ3v) is 4.71. The number of nitrogens with zero attached hydrogens (tertiary/aromatic N) is 2. The van der Waals surface area contributed by atoms with Crippen molar-refractivity contribution in [3.05, 3.63) is 0 Å². The molecule has 1 aliphatic carbocycles. The summed E-state index contributed by atoms with van der Waals surface area (Å²) >= 11 is 0. The van der Waals surface area contributed by atoms with Crippen molar-refractivity contribution in [2.45, 2.75) is 32.8 Å². The SMILES string of the molecule is CC1CC(C)C(CN2CCN(C)CC2)C(O)C1. The molecule has 1 aliphatic heterocycles. The molecule has 0 radical (unpaired) electrons. The molecular formula is C14H28N2O. The predicted molar refractivity (Wildman–Crippen MR) is 71.0 cm³/mol. The van der Waals surface area contributed by atoms with E-state index in [1.165, 1.54) is 32.6 Å². The van der Waals surface area contributed by atoms with Crippen LogP contribution in [0.4, 0.5) is 0 Å². The molecule has 2 rings (SSSR count). The number of rotatable bonds is 2. The second-order valence-electron chi connectivity index (χ2n) is 6.39. The molecule has 1 N–H and O–H groups in total. The number of likely N-dealkylation sites (N-methyl/N-ethyl adjacent to an activating group) is 1. The Morgan fingerprint density at radius 3 is 2.29 bits per heavy atom. The molecule has 2 aliphatic rings. The fraction of sp³-hybridized carbons (Fsp3) is 1.00. The van der Waals surface area contributed by atoms with E-state index >= 15 is 0 Å². The van der Waals surface area contributed by atoms with Crippen LogP contribution in [0.2, 0.25) is 0 Å². The molecule has 3 nitrogen and oxygen atoms in total. The van der Waals surface area contributed by atoms with Gasteiger partial charge in [-0.05, 0) is 31.7 Å². The highest BCUT2D eigenvalue weighted by Crippen LogP contribution is 2.34. The maximum atomic E-state index is 10.3. The Kier molecular flexibility index (Phi) is 4.45. The van der Waals surface area contributed by atoms with Gasteiger partial charge in [0.25, 0.3) is 0 Å². The molecule has 3 heteroatoms. The molecule has 0 bridgehead atoms. The van der Waals surface area contributed by atoms with Gasteiger partial charge in [-0.2, -0.15) is 0 Å². The van der Waals surface area contributed by atoms with Gasteiger partial charge in [-0.25, -0.2) is 0 Å². The summed E-state index contributed by atoms with van der Waals surface area (Å²) in [5.74, 6) is 1.87. The van der Waals surface area contributed by atoms with Gasteiger partial charge in [0, 0.05) is 38.6 Å². The molecule has 4 atom stereocenters. The van der Waals surface area contributed by atoms with Gasteiger partial charge < -0.3 is 14.9 Å². The molecule has 1 saturated heterocycles. The average Bonchev–Trinajstić information content (AvgIpc) is 2.26. The highest BCUT2D eigenvalue weighted by atomic mass is 16.3. The zero-order valence-corrected chi connectivity index (χ0v) is 11.6. The third kappa shape index (κ3) is 3.43. The molecule has 4 unspecified atom stereocenters. The Balaban J connectivity index is 1.85. The molecular weight excluding hydrogens is 212 g/mol. The van der Waals surface area contributed by atoms with Crippen LogP contribution in [0, 0.1) is 17.8 Å². The minimum Gasteiger partial charge on any atom is -0.393 e. The van der Waals surface area contributed by atoms with Gasteiger partial charge in [-0.3, -0.25) is 0 Å². The third-order valence-electron chi connectivity index (χ3n) is 4.71. The highest BCUT2D eigenvalue weighted by molar-refractivity contribution is 4.85. The fourth-order valence-electron chi connectivity index (χ4n) is 3.50. The maximum absolute atomic E-state index is 10.3. The van der Waals surface area contributed by atoms with Crippen LogP contribution >= 0.6 is 0 Å². The monoisotopic (exact) mass is 240 g/mol. The van der Waals surface area contributed by atoms with Gasteiger partial charge in [-0.1, -0.05) is 13.8 Å². The van der Waals surface area contributed by atoms with E-state index in [0.29, 0.717) is 17.8 Å². The van der Waals surface area contributed by atoms with Crippen molar-refractivity contribution in [3.63, 3.8) is 0 Å². The predicted octanol–water partition coefficient (Wildman–Crippen LogP) is 1.28. The molecule has 0 aromatic rings. The second kappa shape index (κ2) is 5.68. The Labute approximate surface area is 106 Å². The van der Waals surface area contributed by atoms with Crippen LogP contribution in [0.15, 0.2) is 0 Å². The minimum atomic E-state index is -0.0755. The first-order valence-corrected chi connectivity index (χ1v) is 7.15. The van der Waals surface area contributed by atoms with E-state index in [2.05, 4.69) is 30.7 Å². The van der Waals surface area contributed by atoms with Crippen molar-refractivity contribution in [1.82, 2.24) is 9.80 Å². The number of hydrogen-bond acceptors (Lipinski definition) is 3. The first-order chi connectivity index (χ1) is 8.06. The van der Waals surface area contributed by atoms with E-state index < -0.39 is 0 Å². The van der Waals surface area contributed by atoms with Crippen LogP contribution in [-0.4, -0.2) is 60.8 Å². The fourth-order valence-corrected chi connectivity index (χ4v) is 3.50. The molecule has 100 valence electrons. The lowest BCUT2D eigenvalue weighted by Gasteiger charge is -2.41. The van der Waals surface area contributed by atoms with E-state index in [4.69, 9.17) is 0 Å². The largest absolute Gasteiger partial charge is 0.393 e. The summed E-state index contributed by atoms with van der Waals surface area (Å²) in [5, 5.41) is 10.3. The Morgan fingerprint density at radius 1 is 1.06 bits per heavy atom. The standard InChI is InChI=1S/C14H28N2O/c1-11-8-12(2)13(14(17)9-11)10-16-6-4-15(3)5-7-16/h11-14,17H,4-10H2,1-3H3. The molecule has 1 saturated carbocycles. The molecule has 2 fully saturated rings. The van der Waals surface area contributed by atoms with Gasteiger partial charge >= 0.3 is 0 Å². The molecule has 0 aromatic carbocycles. The van der Waals surface area contributed by atoms with E-state index in [1.54, 1.807) is 0 Å². The first-order valence-electron chi connectivity index (χ1n) is 7.15. The van der Waals surface area contributed by atoms with E-state index in [-0.39, 0.29) is 6.10 Å². The average molecular weight is 240 g/mol. The zero-order chi connectivity index (χ0) is 12.4. The van der Waals surface area contributed by atoms with Gasteiger partial charge in [0.15, 0.2) is 0 Å². The Hall–Kier alpha value is -0.120. The van der Waals surface area contributed by atoms with Crippen molar-refractivity contribution >= 4 is 0 Å². The summed E-state index contributed by atoms with van der Waals surface area (Å²) in [7, 11) is 2.19. The number of aliphatic hydroxyl groups is 1. The molecule has 0 amide bonds. The lowest BCUT2D eigenvalue weighted by molar-refractivity contribution is -0.00825. The van der Waals surface area contributed by atoms with Gasteiger partial charge in [0.2, 0.25) is 0 Å². The molecule has 1 heterocycles. The molecule has 17 heavy (non-hydrogen) atoms. The van der Waals surface area contributed by atoms with Crippen molar-refractivity contribution < 1.29 is 5.11 Å². The summed E-state index contributed by atoms with van der Waals surface area (Å²) in [4.78, 5) is 4.93. The van der Waals surface area contributed by atoms with Gasteiger partial charge in [0.05, 0.1) is 6.10 Å². The van der Waals surface area contributed by atoms with Crippen LogP contribution in [0.3, 0.4) is 0 Å². The topological polar surface area (TPSA) is 26.7 Å². The molecule has 0 spiro atoms. The minimum absolute atomic E-state index is 0.0755. The highest BCUT2D eigenvalue weighted by Gasteiger charge is 2.34. The summed E-state index contributed by atoms with van der Waals surface area (Å²) in [5.41, 5.74) is 0. The second-order valence-corrected chi connectivity index (χ2v) is 6.39. The van der Waals surface area contributed by atoms with Crippen molar-refractivity contribution in [1.29, 1.82) is 0 Å². The number of aliphatic hydroxyl groups excluding tert-OH is 1.